The number of para-hydroxylation sites is 1. The third kappa shape index (κ3) is 5.02. The van der Waals surface area contributed by atoms with Crippen molar-refractivity contribution in [2.45, 2.75) is 23.3 Å². The highest BCUT2D eigenvalue weighted by atomic mass is 35.5. The number of fused-ring (bicyclic) bond motifs is 1. The molecular weight excluding hydrogens is 412 g/mol. The number of aryl methyl sites for hydroxylation is 1. The van der Waals surface area contributed by atoms with Crippen LogP contribution in [0.4, 0.5) is 0 Å². The lowest BCUT2D eigenvalue weighted by molar-refractivity contribution is 0.0955. The average Bonchev–Trinajstić information content (AvgIpc) is 2.76. The van der Waals surface area contributed by atoms with Crippen molar-refractivity contribution in [1.29, 1.82) is 0 Å². The van der Waals surface area contributed by atoms with Crippen molar-refractivity contribution in [2.24, 2.45) is 0 Å². The second kappa shape index (κ2) is 9.33. The van der Waals surface area contributed by atoms with Gasteiger partial charge in [0.2, 0.25) is 0 Å². The van der Waals surface area contributed by atoms with Gasteiger partial charge in [-0.2, -0.15) is 0 Å². The van der Waals surface area contributed by atoms with Crippen molar-refractivity contribution < 1.29 is 4.79 Å². The molecule has 1 amide bonds. The summed E-state index contributed by atoms with van der Waals surface area (Å²) in [5.74, 6) is -0.0895. The number of aromatic nitrogens is 1. The molecule has 150 valence electrons. The molecule has 0 atom stereocenters. The number of rotatable bonds is 6. The lowest BCUT2D eigenvalue weighted by Gasteiger charge is -2.11. The van der Waals surface area contributed by atoms with E-state index in [1.165, 1.54) is 5.56 Å². The first kappa shape index (κ1) is 20.5. The second-order valence-corrected chi connectivity index (χ2v) is 8.60. The largest absolute Gasteiger partial charge is 0.352 e. The van der Waals surface area contributed by atoms with Crippen LogP contribution >= 0.6 is 23.4 Å². The molecular formula is C25H21ClN2OS. The summed E-state index contributed by atoms with van der Waals surface area (Å²) < 4.78 is 0. The van der Waals surface area contributed by atoms with E-state index in [1.54, 1.807) is 11.8 Å². The van der Waals surface area contributed by atoms with Crippen molar-refractivity contribution in [1.82, 2.24) is 10.3 Å². The van der Waals surface area contributed by atoms with Crippen molar-refractivity contribution in [3.05, 3.63) is 101 Å². The highest BCUT2D eigenvalue weighted by Crippen LogP contribution is 2.30. The molecule has 30 heavy (non-hydrogen) atoms. The number of benzene rings is 3. The fourth-order valence-electron chi connectivity index (χ4n) is 3.18. The van der Waals surface area contributed by atoms with Gasteiger partial charge in [0.05, 0.1) is 11.1 Å². The Morgan fingerprint density at radius 3 is 2.50 bits per heavy atom. The van der Waals surface area contributed by atoms with E-state index < -0.39 is 0 Å². The maximum Gasteiger partial charge on any atom is 0.252 e. The minimum absolute atomic E-state index is 0.0895. The maximum atomic E-state index is 13.0. The molecule has 0 saturated heterocycles. The van der Waals surface area contributed by atoms with Crippen LogP contribution in [0.3, 0.4) is 0 Å². The molecule has 0 aliphatic rings. The zero-order valence-electron chi connectivity index (χ0n) is 16.6. The molecule has 0 saturated carbocycles. The van der Waals surface area contributed by atoms with Crippen molar-refractivity contribution in [3.8, 4) is 0 Å². The normalized spacial score (nSPS) is 10.9. The SMILES string of the molecule is Cc1ccc(Sc2cc(C(=O)NCCc3ccc(Cl)cc3)c3ccccc3n2)cc1. The van der Waals surface area contributed by atoms with Crippen LogP contribution in [0.15, 0.2) is 88.8 Å². The first-order chi connectivity index (χ1) is 14.6. The van der Waals surface area contributed by atoms with Crippen molar-refractivity contribution >= 4 is 40.2 Å². The van der Waals surface area contributed by atoms with Gasteiger partial charge >= 0.3 is 0 Å². The minimum atomic E-state index is -0.0895. The van der Waals surface area contributed by atoms with E-state index in [4.69, 9.17) is 16.6 Å². The van der Waals surface area contributed by atoms with E-state index in [0.717, 1.165) is 32.8 Å². The van der Waals surface area contributed by atoms with Crippen LogP contribution < -0.4 is 5.32 Å². The molecule has 0 aliphatic carbocycles. The summed E-state index contributed by atoms with van der Waals surface area (Å²) in [7, 11) is 0. The standard InChI is InChI=1S/C25H21ClN2OS/c1-17-6-12-20(13-7-17)30-24-16-22(21-4-2-3-5-23(21)28-24)25(29)27-15-14-18-8-10-19(26)11-9-18/h2-13,16H,14-15H2,1H3,(H,27,29). The quantitative estimate of drug-likeness (QED) is 0.387. The highest BCUT2D eigenvalue weighted by Gasteiger charge is 2.13. The van der Waals surface area contributed by atoms with Gasteiger partial charge in [0.15, 0.2) is 0 Å². The lowest BCUT2D eigenvalue weighted by atomic mass is 10.1. The number of nitrogens with one attached hydrogen (secondary N) is 1. The van der Waals surface area contributed by atoms with Gasteiger partial charge in [-0.25, -0.2) is 4.98 Å². The number of pyridine rings is 1. The van der Waals surface area contributed by atoms with Gasteiger partial charge in [0.25, 0.3) is 5.91 Å². The van der Waals surface area contributed by atoms with Crippen LogP contribution in [0, 0.1) is 6.92 Å². The Labute approximate surface area is 185 Å². The second-order valence-electron chi connectivity index (χ2n) is 7.07. The Morgan fingerprint density at radius 2 is 1.73 bits per heavy atom. The molecule has 0 unspecified atom stereocenters. The van der Waals surface area contributed by atoms with E-state index >= 15 is 0 Å². The van der Waals surface area contributed by atoms with E-state index in [-0.39, 0.29) is 5.91 Å². The summed E-state index contributed by atoms with van der Waals surface area (Å²) in [6, 6.07) is 25.6. The van der Waals surface area contributed by atoms with Gasteiger partial charge in [-0.05, 0) is 55.3 Å². The summed E-state index contributed by atoms with van der Waals surface area (Å²) in [4.78, 5) is 18.8. The number of carbonyl (C=O) groups excluding carboxylic acids is 1. The van der Waals surface area contributed by atoms with E-state index in [9.17, 15) is 4.79 Å². The molecule has 0 spiro atoms. The molecule has 1 heterocycles. The molecule has 4 rings (SSSR count). The molecule has 0 bridgehead atoms. The summed E-state index contributed by atoms with van der Waals surface area (Å²) in [5, 5.41) is 5.42. The topological polar surface area (TPSA) is 42.0 Å². The first-order valence-electron chi connectivity index (χ1n) is 9.75. The summed E-state index contributed by atoms with van der Waals surface area (Å²) >= 11 is 7.50. The van der Waals surface area contributed by atoms with Crippen molar-refractivity contribution in [3.63, 3.8) is 0 Å². The molecule has 3 nitrogen and oxygen atoms in total. The Morgan fingerprint density at radius 1 is 1.00 bits per heavy atom. The van der Waals surface area contributed by atoms with E-state index in [0.29, 0.717) is 17.1 Å². The van der Waals surface area contributed by atoms with Gasteiger partial charge in [0, 0.05) is 21.8 Å². The van der Waals surface area contributed by atoms with Gasteiger partial charge in [-0.3, -0.25) is 4.79 Å². The zero-order chi connectivity index (χ0) is 20.9. The summed E-state index contributed by atoms with van der Waals surface area (Å²) in [5.41, 5.74) is 3.81. The minimum Gasteiger partial charge on any atom is -0.352 e. The third-order valence-electron chi connectivity index (χ3n) is 4.79. The first-order valence-corrected chi connectivity index (χ1v) is 10.9. The van der Waals surface area contributed by atoms with E-state index in [2.05, 4.69) is 36.5 Å². The van der Waals surface area contributed by atoms with Gasteiger partial charge < -0.3 is 5.32 Å². The fraction of sp³-hybridized carbons (Fsp3) is 0.120. The van der Waals surface area contributed by atoms with Crippen LogP contribution in [0.5, 0.6) is 0 Å². The molecule has 3 aromatic carbocycles. The third-order valence-corrected chi connectivity index (χ3v) is 5.97. The van der Waals surface area contributed by atoms with Crippen LogP contribution in [0.2, 0.25) is 5.02 Å². The molecule has 1 N–H and O–H groups in total. The molecule has 0 aliphatic heterocycles. The average molecular weight is 433 g/mol. The van der Waals surface area contributed by atoms with Gasteiger partial charge in [0.1, 0.15) is 5.03 Å². The predicted molar refractivity (Wildman–Crippen MR) is 125 cm³/mol. The number of carbonyl (C=O) groups is 1. The van der Waals surface area contributed by atoms with Crippen LogP contribution in [0.1, 0.15) is 21.5 Å². The monoisotopic (exact) mass is 432 g/mol. The Balaban J connectivity index is 1.54. The number of hydrogen-bond donors (Lipinski definition) is 1. The van der Waals surface area contributed by atoms with Gasteiger partial charge in [-0.15, -0.1) is 0 Å². The number of hydrogen-bond acceptors (Lipinski definition) is 3. The maximum absolute atomic E-state index is 13.0. The smallest absolute Gasteiger partial charge is 0.252 e. The van der Waals surface area contributed by atoms with Crippen LogP contribution in [-0.2, 0) is 6.42 Å². The zero-order valence-corrected chi connectivity index (χ0v) is 18.1. The Bertz CT molecular complexity index is 1170. The Hall–Kier alpha value is -2.82. The number of halogens is 1. The molecule has 0 radical (unpaired) electrons. The summed E-state index contributed by atoms with van der Waals surface area (Å²) in [6.45, 7) is 2.62. The highest BCUT2D eigenvalue weighted by molar-refractivity contribution is 7.99. The predicted octanol–water partition coefficient (Wildman–Crippen LogP) is 6.32. The molecule has 5 heteroatoms. The fourth-order valence-corrected chi connectivity index (χ4v) is 4.15. The lowest BCUT2D eigenvalue weighted by Crippen LogP contribution is -2.26. The molecule has 0 fully saturated rings. The molecule has 1 aromatic heterocycles. The van der Waals surface area contributed by atoms with Crippen molar-refractivity contribution in [2.75, 3.05) is 6.54 Å². The van der Waals surface area contributed by atoms with Crippen LogP contribution in [-0.4, -0.2) is 17.4 Å². The number of nitrogens with zero attached hydrogens (tertiary/aromatic N) is 1. The van der Waals surface area contributed by atoms with E-state index in [1.807, 2.05) is 54.6 Å². The summed E-state index contributed by atoms with van der Waals surface area (Å²) in [6.07, 6.45) is 0.747. The Kier molecular flexibility index (Phi) is 6.36. The number of amides is 1. The van der Waals surface area contributed by atoms with Gasteiger partial charge in [-0.1, -0.05) is 71.4 Å². The van der Waals surface area contributed by atoms with Crippen LogP contribution in [0.25, 0.3) is 10.9 Å². The molecule has 4 aromatic rings.